The number of halogens is 1. The molecule has 1 fully saturated rings. The Hall–Kier alpha value is -1.53. The highest BCUT2D eigenvalue weighted by Gasteiger charge is 2.22. The summed E-state index contributed by atoms with van der Waals surface area (Å²) in [5.74, 6) is 0.0787. The van der Waals surface area contributed by atoms with Crippen molar-refractivity contribution in [3.63, 3.8) is 0 Å². The van der Waals surface area contributed by atoms with Gasteiger partial charge in [0.15, 0.2) is 0 Å². The number of aliphatic carboxylic acids is 1. The van der Waals surface area contributed by atoms with Crippen LogP contribution in [-0.2, 0) is 15.3 Å². The van der Waals surface area contributed by atoms with E-state index in [1.165, 1.54) is 4.90 Å². The number of hydrogen-bond acceptors (Lipinski definition) is 4. The molecule has 2 aromatic carbocycles. The van der Waals surface area contributed by atoms with Crippen molar-refractivity contribution in [2.45, 2.75) is 23.2 Å². The maximum Gasteiger partial charge on any atom is 0.304 e. The number of morpholine rings is 1. The predicted molar refractivity (Wildman–Crippen MR) is 105 cm³/mol. The van der Waals surface area contributed by atoms with Crippen molar-refractivity contribution in [2.24, 2.45) is 0 Å². The second-order valence-corrected chi connectivity index (χ2v) is 7.71. The average Bonchev–Trinajstić information content (AvgIpc) is 2.66. The molecule has 0 saturated carbocycles. The molecule has 0 unspecified atom stereocenters. The Kier molecular flexibility index (Phi) is 6.97. The van der Waals surface area contributed by atoms with Gasteiger partial charge in [-0.25, -0.2) is 0 Å². The van der Waals surface area contributed by atoms with Crippen LogP contribution >= 0.6 is 23.4 Å². The summed E-state index contributed by atoms with van der Waals surface area (Å²) in [6.45, 7) is 2.73. The van der Waals surface area contributed by atoms with Gasteiger partial charge in [-0.05, 0) is 29.3 Å². The molecular weight excluding hydrogens is 370 g/mol. The number of benzene rings is 2. The van der Waals surface area contributed by atoms with Crippen LogP contribution in [0.1, 0.15) is 23.7 Å². The van der Waals surface area contributed by atoms with E-state index in [1.54, 1.807) is 11.8 Å². The van der Waals surface area contributed by atoms with Crippen molar-refractivity contribution < 1.29 is 14.6 Å². The lowest BCUT2D eigenvalue weighted by Crippen LogP contribution is -2.39. The molecule has 0 radical (unpaired) electrons. The Morgan fingerprint density at radius 3 is 2.73 bits per heavy atom. The van der Waals surface area contributed by atoms with E-state index in [4.69, 9.17) is 21.4 Å². The lowest BCUT2D eigenvalue weighted by atomic mass is 10.1. The third-order valence-corrected chi connectivity index (χ3v) is 5.83. The van der Waals surface area contributed by atoms with Crippen LogP contribution in [0, 0.1) is 0 Å². The first-order valence-corrected chi connectivity index (χ1v) is 10.00. The van der Waals surface area contributed by atoms with Crippen molar-refractivity contribution in [1.82, 2.24) is 4.90 Å². The second-order valence-electron chi connectivity index (χ2n) is 6.25. The minimum absolute atomic E-state index is 0.000151. The van der Waals surface area contributed by atoms with Gasteiger partial charge in [-0.3, -0.25) is 9.69 Å². The molecule has 6 heteroatoms. The van der Waals surface area contributed by atoms with Crippen LogP contribution in [0.15, 0.2) is 53.4 Å². The lowest BCUT2D eigenvalue weighted by molar-refractivity contribution is -0.137. The molecule has 0 amide bonds. The van der Waals surface area contributed by atoms with Crippen molar-refractivity contribution in [3.05, 3.63) is 64.7 Å². The highest BCUT2D eigenvalue weighted by atomic mass is 35.5. The summed E-state index contributed by atoms with van der Waals surface area (Å²) in [7, 11) is 0. The molecule has 1 N–H and O–H groups in total. The van der Waals surface area contributed by atoms with E-state index >= 15 is 0 Å². The fourth-order valence-corrected chi connectivity index (χ4v) is 4.10. The van der Waals surface area contributed by atoms with E-state index in [1.807, 2.05) is 24.3 Å². The first kappa shape index (κ1) is 19.2. The van der Waals surface area contributed by atoms with Gasteiger partial charge in [-0.1, -0.05) is 41.9 Å². The highest BCUT2D eigenvalue weighted by molar-refractivity contribution is 7.98. The Morgan fingerprint density at radius 1 is 1.23 bits per heavy atom. The number of thioether (sulfide) groups is 1. The standard InChI is InChI=1S/C20H22ClNO3S/c21-18-4-2-1-3-16(18)14-26-17-7-5-15(6-8-17)19-13-22(11-12-25-19)10-9-20(23)24/h1-8,19H,9-14H2,(H,23,24)/t19-/m1/s1. The molecule has 4 nitrogen and oxygen atoms in total. The molecule has 1 aliphatic heterocycles. The van der Waals surface area contributed by atoms with Gasteiger partial charge in [-0.15, -0.1) is 11.8 Å². The minimum Gasteiger partial charge on any atom is -0.481 e. The van der Waals surface area contributed by atoms with Crippen LogP contribution in [0.2, 0.25) is 5.02 Å². The van der Waals surface area contributed by atoms with Crippen LogP contribution in [0.3, 0.4) is 0 Å². The van der Waals surface area contributed by atoms with E-state index in [0.717, 1.165) is 35.0 Å². The van der Waals surface area contributed by atoms with E-state index in [2.05, 4.69) is 29.2 Å². The smallest absolute Gasteiger partial charge is 0.304 e. The Bertz CT molecular complexity index is 738. The van der Waals surface area contributed by atoms with Crippen molar-refractivity contribution in [2.75, 3.05) is 26.2 Å². The third-order valence-electron chi connectivity index (χ3n) is 4.40. The molecule has 3 rings (SSSR count). The summed E-state index contributed by atoms with van der Waals surface area (Å²) in [5, 5.41) is 9.64. The topological polar surface area (TPSA) is 49.8 Å². The molecule has 2 aromatic rings. The number of ether oxygens (including phenoxy) is 1. The molecule has 0 aromatic heterocycles. The maximum atomic E-state index is 10.7. The zero-order chi connectivity index (χ0) is 18.4. The van der Waals surface area contributed by atoms with Gasteiger partial charge in [0, 0.05) is 35.3 Å². The molecule has 0 aliphatic carbocycles. The summed E-state index contributed by atoms with van der Waals surface area (Å²) in [6, 6.07) is 16.3. The van der Waals surface area contributed by atoms with Gasteiger partial charge >= 0.3 is 5.97 Å². The fourth-order valence-electron chi connectivity index (χ4n) is 2.92. The maximum absolute atomic E-state index is 10.7. The molecular formula is C20H22ClNO3S. The van der Waals surface area contributed by atoms with Crippen molar-refractivity contribution in [3.8, 4) is 0 Å². The number of hydrogen-bond donors (Lipinski definition) is 1. The van der Waals surface area contributed by atoms with Gasteiger partial charge in [0.2, 0.25) is 0 Å². The number of nitrogens with zero attached hydrogens (tertiary/aromatic N) is 1. The minimum atomic E-state index is -0.757. The van der Waals surface area contributed by atoms with E-state index in [0.29, 0.717) is 13.2 Å². The summed E-state index contributed by atoms with van der Waals surface area (Å²) in [4.78, 5) is 14.1. The molecule has 1 saturated heterocycles. The number of carbonyl (C=O) groups is 1. The summed E-state index contributed by atoms with van der Waals surface area (Å²) in [5.41, 5.74) is 2.26. The van der Waals surface area contributed by atoms with Gasteiger partial charge in [0.05, 0.1) is 19.1 Å². The Morgan fingerprint density at radius 2 is 2.00 bits per heavy atom. The van der Waals surface area contributed by atoms with Crippen LogP contribution in [0.25, 0.3) is 0 Å². The van der Waals surface area contributed by atoms with E-state index in [-0.39, 0.29) is 12.5 Å². The van der Waals surface area contributed by atoms with Crippen LogP contribution in [-0.4, -0.2) is 42.2 Å². The first-order valence-electron chi connectivity index (χ1n) is 8.64. The third kappa shape index (κ3) is 5.48. The summed E-state index contributed by atoms with van der Waals surface area (Å²) < 4.78 is 5.87. The molecule has 26 heavy (non-hydrogen) atoms. The number of rotatable bonds is 7. The average molecular weight is 392 g/mol. The van der Waals surface area contributed by atoms with Crippen LogP contribution in [0.5, 0.6) is 0 Å². The van der Waals surface area contributed by atoms with Gasteiger partial charge in [-0.2, -0.15) is 0 Å². The van der Waals surface area contributed by atoms with Gasteiger partial charge in [0.1, 0.15) is 0 Å². The molecule has 0 bridgehead atoms. The van der Waals surface area contributed by atoms with Crippen LogP contribution < -0.4 is 0 Å². The van der Waals surface area contributed by atoms with Crippen LogP contribution in [0.4, 0.5) is 0 Å². The molecule has 1 heterocycles. The zero-order valence-electron chi connectivity index (χ0n) is 14.4. The molecule has 1 aliphatic rings. The van der Waals surface area contributed by atoms with E-state index < -0.39 is 5.97 Å². The van der Waals surface area contributed by atoms with Gasteiger partial charge in [0.25, 0.3) is 0 Å². The quantitative estimate of drug-likeness (QED) is 0.705. The first-order chi connectivity index (χ1) is 12.6. The lowest BCUT2D eigenvalue weighted by Gasteiger charge is -2.32. The van der Waals surface area contributed by atoms with E-state index in [9.17, 15) is 4.79 Å². The zero-order valence-corrected chi connectivity index (χ0v) is 16.0. The largest absolute Gasteiger partial charge is 0.481 e. The molecule has 1 atom stereocenters. The molecule has 0 spiro atoms. The monoisotopic (exact) mass is 391 g/mol. The predicted octanol–water partition coefficient (Wildman–Crippen LogP) is 4.48. The molecule has 138 valence electrons. The number of carboxylic acids is 1. The highest BCUT2D eigenvalue weighted by Crippen LogP contribution is 2.29. The summed E-state index contributed by atoms with van der Waals surface area (Å²) in [6.07, 6.45) is 0.171. The second kappa shape index (κ2) is 9.42. The Labute approximate surface area is 163 Å². The summed E-state index contributed by atoms with van der Waals surface area (Å²) >= 11 is 7.96. The van der Waals surface area contributed by atoms with Crippen molar-refractivity contribution in [1.29, 1.82) is 0 Å². The van der Waals surface area contributed by atoms with Gasteiger partial charge < -0.3 is 9.84 Å². The van der Waals surface area contributed by atoms with Crippen molar-refractivity contribution >= 4 is 29.3 Å². The fraction of sp³-hybridized carbons (Fsp3) is 0.350. The normalized spacial score (nSPS) is 18.0. The SMILES string of the molecule is O=C(O)CCN1CCO[C@@H](c2ccc(SCc3ccccc3Cl)cc2)C1. The number of carboxylic acid groups (broad SMARTS) is 1. The Balaban J connectivity index is 1.55.